The van der Waals surface area contributed by atoms with Gasteiger partial charge in [0.2, 0.25) is 11.8 Å². The normalized spacial score (nSPS) is 17.9. The fourth-order valence-electron chi connectivity index (χ4n) is 3.82. The number of phenolic OH excluding ortho intramolecular Hbond substituents is 1. The van der Waals surface area contributed by atoms with E-state index in [-0.39, 0.29) is 49.7 Å². The number of rotatable bonds is 5. The summed E-state index contributed by atoms with van der Waals surface area (Å²) in [6.07, 6.45) is 0.525. The first-order chi connectivity index (χ1) is 14.9. The molecule has 1 atom stereocenters. The Morgan fingerprint density at radius 2 is 1.87 bits per heavy atom. The van der Waals surface area contributed by atoms with Crippen molar-refractivity contribution in [3.63, 3.8) is 0 Å². The summed E-state index contributed by atoms with van der Waals surface area (Å²) in [7, 11) is 0. The number of para-hydroxylation sites is 1. The predicted octanol–water partition coefficient (Wildman–Crippen LogP) is 1.15. The van der Waals surface area contributed by atoms with Gasteiger partial charge in [-0.1, -0.05) is 30.3 Å². The number of imide groups is 1. The average molecular weight is 422 g/mol. The molecule has 2 aromatic carbocycles. The quantitative estimate of drug-likeness (QED) is 0.538. The summed E-state index contributed by atoms with van der Waals surface area (Å²) < 4.78 is 0. The molecule has 0 aromatic heterocycles. The highest BCUT2D eigenvalue weighted by Crippen LogP contribution is 2.28. The summed E-state index contributed by atoms with van der Waals surface area (Å²) in [5.41, 5.74) is 2.73. The molecule has 9 nitrogen and oxygen atoms in total. The van der Waals surface area contributed by atoms with E-state index in [1.54, 1.807) is 36.4 Å². The van der Waals surface area contributed by atoms with Gasteiger partial charge in [-0.15, -0.1) is 0 Å². The number of hydrogen-bond acceptors (Lipinski definition) is 5. The maximum absolute atomic E-state index is 12.7. The first kappa shape index (κ1) is 20.4. The van der Waals surface area contributed by atoms with E-state index in [9.17, 15) is 24.3 Å². The van der Waals surface area contributed by atoms with Crippen LogP contribution in [0.25, 0.3) is 0 Å². The highest BCUT2D eigenvalue weighted by atomic mass is 16.3. The zero-order valence-electron chi connectivity index (χ0n) is 16.7. The third-order valence-electron chi connectivity index (χ3n) is 5.47. The van der Waals surface area contributed by atoms with E-state index in [2.05, 4.69) is 16.0 Å². The summed E-state index contributed by atoms with van der Waals surface area (Å²) in [6.45, 7) is 0.734. The van der Waals surface area contributed by atoms with Crippen LogP contribution < -0.4 is 16.0 Å². The van der Waals surface area contributed by atoms with Crippen molar-refractivity contribution in [2.24, 2.45) is 0 Å². The fraction of sp³-hybridized carbons (Fsp3) is 0.273. The number of hydrogen-bond donors (Lipinski definition) is 4. The van der Waals surface area contributed by atoms with Gasteiger partial charge in [0.15, 0.2) is 0 Å². The molecule has 1 fully saturated rings. The number of phenols is 1. The van der Waals surface area contributed by atoms with Gasteiger partial charge >= 0.3 is 6.03 Å². The molecule has 2 heterocycles. The minimum atomic E-state index is -0.653. The molecule has 0 bridgehead atoms. The second kappa shape index (κ2) is 8.47. The number of piperidine rings is 1. The van der Waals surface area contributed by atoms with E-state index in [4.69, 9.17) is 0 Å². The maximum Gasteiger partial charge on any atom is 0.315 e. The lowest BCUT2D eigenvalue weighted by atomic mass is 10.0. The number of carbonyl (C=O) groups is 4. The molecule has 4 N–H and O–H groups in total. The van der Waals surface area contributed by atoms with E-state index in [0.717, 1.165) is 11.1 Å². The summed E-state index contributed by atoms with van der Waals surface area (Å²) in [5.74, 6) is -0.879. The van der Waals surface area contributed by atoms with Crippen LogP contribution in [0.5, 0.6) is 5.75 Å². The zero-order chi connectivity index (χ0) is 22.0. The Morgan fingerprint density at radius 1 is 1.10 bits per heavy atom. The summed E-state index contributed by atoms with van der Waals surface area (Å²) >= 11 is 0. The smallest absolute Gasteiger partial charge is 0.315 e. The average Bonchev–Trinajstić information content (AvgIpc) is 3.07. The molecule has 2 aromatic rings. The molecule has 160 valence electrons. The second-order valence-electron chi connectivity index (χ2n) is 7.56. The van der Waals surface area contributed by atoms with Gasteiger partial charge in [0.1, 0.15) is 11.8 Å². The molecule has 1 unspecified atom stereocenters. The summed E-state index contributed by atoms with van der Waals surface area (Å²) in [5, 5.41) is 17.5. The highest BCUT2D eigenvalue weighted by molar-refractivity contribution is 6.05. The molecule has 1 saturated heterocycles. The number of aromatic hydroxyl groups is 1. The highest BCUT2D eigenvalue weighted by Gasteiger charge is 2.39. The van der Waals surface area contributed by atoms with Gasteiger partial charge in [0.05, 0.1) is 0 Å². The van der Waals surface area contributed by atoms with Gasteiger partial charge in [-0.3, -0.25) is 19.7 Å². The third kappa shape index (κ3) is 4.35. The van der Waals surface area contributed by atoms with Crippen LogP contribution in [0.3, 0.4) is 0 Å². The third-order valence-corrected chi connectivity index (χ3v) is 5.47. The molecule has 2 aliphatic rings. The molecule has 0 radical (unpaired) electrons. The minimum absolute atomic E-state index is 0.117. The maximum atomic E-state index is 12.7. The number of amides is 5. The number of nitrogens with one attached hydrogen (secondary N) is 3. The largest absolute Gasteiger partial charge is 0.508 e. The van der Waals surface area contributed by atoms with Crippen LogP contribution in [-0.2, 0) is 29.2 Å². The number of urea groups is 1. The number of nitrogens with zero attached hydrogens (tertiary/aromatic N) is 1. The lowest BCUT2D eigenvalue weighted by Gasteiger charge is -2.29. The van der Waals surface area contributed by atoms with Crippen molar-refractivity contribution in [3.05, 3.63) is 64.7 Å². The number of fused-ring (bicyclic) bond motifs is 1. The van der Waals surface area contributed by atoms with Gasteiger partial charge in [0, 0.05) is 37.2 Å². The molecule has 0 saturated carbocycles. The number of benzene rings is 2. The molecule has 9 heteroatoms. The standard InChI is InChI=1S/C22H22N4O5/c27-18-4-2-1-3-14(18)11-24-22(31)23-10-13-5-6-16-15(9-13)12-26(21(16)30)17-7-8-19(28)25-20(17)29/h1-6,9,17,27H,7-8,10-12H2,(H2,23,24,31)(H,25,28,29). The Kier molecular flexibility index (Phi) is 5.57. The van der Waals surface area contributed by atoms with E-state index in [1.807, 2.05) is 6.07 Å². The zero-order valence-corrected chi connectivity index (χ0v) is 16.7. The van der Waals surface area contributed by atoms with Crippen molar-refractivity contribution in [2.45, 2.75) is 38.5 Å². The van der Waals surface area contributed by atoms with Gasteiger partial charge in [0.25, 0.3) is 5.91 Å². The van der Waals surface area contributed by atoms with Crippen LogP contribution in [0.2, 0.25) is 0 Å². The molecule has 5 amide bonds. The Bertz CT molecular complexity index is 1070. The van der Waals surface area contributed by atoms with Crippen molar-refractivity contribution in [1.82, 2.24) is 20.9 Å². The van der Waals surface area contributed by atoms with Crippen LogP contribution in [0.15, 0.2) is 42.5 Å². The lowest BCUT2D eigenvalue weighted by molar-refractivity contribution is -0.136. The fourth-order valence-corrected chi connectivity index (χ4v) is 3.82. The first-order valence-corrected chi connectivity index (χ1v) is 9.97. The van der Waals surface area contributed by atoms with Crippen molar-refractivity contribution in [1.29, 1.82) is 0 Å². The Labute approximate surface area is 178 Å². The van der Waals surface area contributed by atoms with E-state index in [1.165, 1.54) is 4.90 Å². The molecule has 0 spiro atoms. The molecule has 0 aliphatic carbocycles. The van der Waals surface area contributed by atoms with Crippen LogP contribution in [-0.4, -0.2) is 39.8 Å². The van der Waals surface area contributed by atoms with Crippen molar-refractivity contribution in [2.75, 3.05) is 0 Å². The van der Waals surface area contributed by atoms with Crippen LogP contribution in [0, 0.1) is 0 Å². The van der Waals surface area contributed by atoms with Crippen molar-refractivity contribution < 1.29 is 24.3 Å². The Hall–Kier alpha value is -3.88. The Balaban J connectivity index is 1.34. The van der Waals surface area contributed by atoms with E-state index < -0.39 is 11.9 Å². The summed E-state index contributed by atoms with van der Waals surface area (Å²) in [4.78, 5) is 49.8. The van der Waals surface area contributed by atoms with Crippen molar-refractivity contribution >= 4 is 23.8 Å². The van der Waals surface area contributed by atoms with Gasteiger partial charge < -0.3 is 20.6 Å². The molecule has 2 aliphatic heterocycles. The SMILES string of the molecule is O=C1CCC(N2Cc3cc(CNC(=O)NCc4ccccc4O)ccc3C2=O)C(=O)N1. The summed E-state index contributed by atoms with van der Waals surface area (Å²) in [6, 6.07) is 11.0. The second-order valence-corrected chi connectivity index (χ2v) is 7.56. The molecular weight excluding hydrogens is 400 g/mol. The molecular formula is C22H22N4O5. The Morgan fingerprint density at radius 3 is 2.65 bits per heavy atom. The van der Waals surface area contributed by atoms with Crippen LogP contribution >= 0.6 is 0 Å². The molecule has 31 heavy (non-hydrogen) atoms. The lowest BCUT2D eigenvalue weighted by Crippen LogP contribution is -2.52. The van der Waals surface area contributed by atoms with Gasteiger partial charge in [-0.2, -0.15) is 0 Å². The van der Waals surface area contributed by atoms with E-state index in [0.29, 0.717) is 17.5 Å². The van der Waals surface area contributed by atoms with E-state index >= 15 is 0 Å². The number of carbonyl (C=O) groups excluding carboxylic acids is 4. The first-order valence-electron chi connectivity index (χ1n) is 9.97. The van der Waals surface area contributed by atoms with Crippen molar-refractivity contribution in [3.8, 4) is 5.75 Å². The predicted molar refractivity (Wildman–Crippen MR) is 110 cm³/mol. The van der Waals surface area contributed by atoms with Gasteiger partial charge in [-0.25, -0.2) is 4.79 Å². The monoisotopic (exact) mass is 422 g/mol. The molecule has 4 rings (SSSR count). The van der Waals surface area contributed by atoms with Crippen LogP contribution in [0.1, 0.15) is 39.9 Å². The van der Waals surface area contributed by atoms with Gasteiger partial charge in [-0.05, 0) is 29.7 Å². The minimum Gasteiger partial charge on any atom is -0.508 e. The topological polar surface area (TPSA) is 128 Å². The van der Waals surface area contributed by atoms with Crippen LogP contribution in [0.4, 0.5) is 4.79 Å².